The summed E-state index contributed by atoms with van der Waals surface area (Å²) in [6.45, 7) is 2.35. The minimum atomic E-state index is -5.07. The van der Waals surface area contributed by atoms with Gasteiger partial charge in [0.15, 0.2) is 0 Å². The molecule has 0 aliphatic rings. The number of aromatic nitrogens is 1. The van der Waals surface area contributed by atoms with Crippen LogP contribution in [-0.2, 0) is 30.6 Å². The number of nitrogens with zero attached hydrogens (tertiary/aromatic N) is 2. The maximum atomic E-state index is 13.4. The fourth-order valence-electron chi connectivity index (χ4n) is 4.37. The summed E-state index contributed by atoms with van der Waals surface area (Å²) in [4.78, 5) is 26.7. The van der Waals surface area contributed by atoms with Crippen molar-refractivity contribution in [2.24, 2.45) is 7.05 Å². The largest absolute Gasteiger partial charge is 0.416 e. The molecule has 3 aromatic rings. The molecule has 2 amide bonds. The normalized spacial score (nSPS) is 13.0. The van der Waals surface area contributed by atoms with Gasteiger partial charge in [-0.2, -0.15) is 26.3 Å². The summed E-state index contributed by atoms with van der Waals surface area (Å²) in [5.74, 6) is -1.25. The SMILES string of the molecule is CCCNC(=O)CCC(Cc1cn(C)c2ccccc12)N(C)C(=O)c1cc(C(F)(F)F)cc(C(F)(F)F)c1. The summed E-state index contributed by atoms with van der Waals surface area (Å²) in [6.07, 6.45) is -7.13. The van der Waals surface area contributed by atoms with E-state index in [4.69, 9.17) is 0 Å². The zero-order chi connectivity index (χ0) is 28.3. The molecule has 11 heteroatoms. The Morgan fingerprint density at radius 2 is 1.61 bits per heavy atom. The highest BCUT2D eigenvalue weighted by Crippen LogP contribution is 2.37. The molecule has 1 unspecified atom stereocenters. The number of benzene rings is 2. The first-order chi connectivity index (χ1) is 17.7. The van der Waals surface area contributed by atoms with Crippen molar-refractivity contribution in [2.45, 2.75) is 51.0 Å². The van der Waals surface area contributed by atoms with Gasteiger partial charge < -0.3 is 14.8 Å². The van der Waals surface area contributed by atoms with Crippen molar-refractivity contribution in [1.82, 2.24) is 14.8 Å². The van der Waals surface area contributed by atoms with E-state index in [9.17, 15) is 35.9 Å². The first kappa shape index (κ1) is 29.1. The number of halogens is 6. The summed E-state index contributed by atoms with van der Waals surface area (Å²) in [6, 6.07) is 7.67. The minimum Gasteiger partial charge on any atom is -0.356 e. The number of hydrogen-bond donors (Lipinski definition) is 1. The lowest BCUT2D eigenvalue weighted by molar-refractivity contribution is -0.143. The van der Waals surface area contributed by atoms with Crippen LogP contribution in [0.2, 0.25) is 0 Å². The lowest BCUT2D eigenvalue weighted by atomic mass is 9.98. The van der Waals surface area contributed by atoms with Crippen LogP contribution in [-0.4, -0.2) is 40.9 Å². The van der Waals surface area contributed by atoms with Crippen LogP contribution >= 0.6 is 0 Å². The Balaban J connectivity index is 1.98. The minimum absolute atomic E-state index is 0.0115. The van der Waals surface area contributed by atoms with Gasteiger partial charge in [0.25, 0.3) is 5.91 Å². The molecule has 5 nitrogen and oxygen atoms in total. The summed E-state index contributed by atoms with van der Waals surface area (Å²) >= 11 is 0. The molecule has 0 saturated heterocycles. The number of amides is 2. The van der Waals surface area contributed by atoms with Crippen LogP contribution in [0.15, 0.2) is 48.7 Å². The number of nitrogens with one attached hydrogen (secondary N) is 1. The highest BCUT2D eigenvalue weighted by molar-refractivity contribution is 5.95. The van der Waals surface area contributed by atoms with Gasteiger partial charge in [0.1, 0.15) is 0 Å². The van der Waals surface area contributed by atoms with Gasteiger partial charge in [-0.15, -0.1) is 0 Å². The molecular formula is C27H29F6N3O2. The second kappa shape index (κ2) is 11.5. The van der Waals surface area contributed by atoms with Crippen LogP contribution < -0.4 is 5.32 Å². The average Bonchev–Trinajstić information content (AvgIpc) is 3.18. The Hall–Kier alpha value is -3.50. The summed E-state index contributed by atoms with van der Waals surface area (Å²) in [5.41, 5.74) is -2.10. The van der Waals surface area contributed by atoms with E-state index in [1.807, 2.05) is 49.0 Å². The van der Waals surface area contributed by atoms with Gasteiger partial charge in [-0.3, -0.25) is 9.59 Å². The second-order valence-corrected chi connectivity index (χ2v) is 9.24. The number of fused-ring (bicyclic) bond motifs is 1. The highest BCUT2D eigenvalue weighted by atomic mass is 19.4. The Bertz CT molecular complexity index is 1260. The third kappa shape index (κ3) is 6.87. The summed E-state index contributed by atoms with van der Waals surface area (Å²) in [5, 5.41) is 3.63. The van der Waals surface area contributed by atoms with E-state index in [1.54, 1.807) is 0 Å². The van der Waals surface area contributed by atoms with Crippen LogP contribution in [0, 0.1) is 0 Å². The molecule has 0 aliphatic heterocycles. The maximum Gasteiger partial charge on any atom is 0.416 e. The predicted molar refractivity (Wildman–Crippen MR) is 131 cm³/mol. The van der Waals surface area contributed by atoms with Crippen molar-refractivity contribution in [1.29, 1.82) is 0 Å². The van der Waals surface area contributed by atoms with E-state index in [0.29, 0.717) is 18.7 Å². The van der Waals surface area contributed by atoms with E-state index >= 15 is 0 Å². The maximum absolute atomic E-state index is 13.4. The van der Waals surface area contributed by atoms with Crippen molar-refractivity contribution in [3.8, 4) is 0 Å². The van der Waals surface area contributed by atoms with Crippen LogP contribution in [0.4, 0.5) is 26.3 Å². The van der Waals surface area contributed by atoms with Crippen LogP contribution in [0.25, 0.3) is 10.9 Å². The lowest BCUT2D eigenvalue weighted by Gasteiger charge is -2.29. The Morgan fingerprint density at radius 1 is 1.00 bits per heavy atom. The van der Waals surface area contributed by atoms with Crippen molar-refractivity contribution >= 4 is 22.7 Å². The third-order valence-electron chi connectivity index (χ3n) is 6.41. The molecule has 0 radical (unpaired) electrons. The van der Waals surface area contributed by atoms with Gasteiger partial charge in [-0.05, 0) is 49.1 Å². The number of hydrogen-bond acceptors (Lipinski definition) is 2. The van der Waals surface area contributed by atoms with E-state index in [1.165, 1.54) is 7.05 Å². The first-order valence-electron chi connectivity index (χ1n) is 12.1. The molecule has 1 aromatic heterocycles. The number of likely N-dealkylation sites (N-methyl/N-ethyl adjacent to an activating group) is 1. The third-order valence-corrected chi connectivity index (χ3v) is 6.41. The van der Waals surface area contributed by atoms with Crippen LogP contribution in [0.3, 0.4) is 0 Å². The zero-order valence-corrected chi connectivity index (χ0v) is 21.2. The number of alkyl halides is 6. The highest BCUT2D eigenvalue weighted by Gasteiger charge is 2.38. The molecule has 0 fully saturated rings. The van der Waals surface area contributed by atoms with Gasteiger partial charge in [0.05, 0.1) is 11.1 Å². The van der Waals surface area contributed by atoms with Crippen molar-refractivity contribution in [3.05, 3.63) is 70.9 Å². The quantitative estimate of drug-likeness (QED) is 0.328. The number of aryl methyl sites for hydroxylation is 1. The number of carbonyl (C=O) groups excluding carboxylic acids is 2. The summed E-state index contributed by atoms with van der Waals surface area (Å²) in [7, 11) is 3.17. The molecule has 2 aromatic carbocycles. The fraction of sp³-hybridized carbons (Fsp3) is 0.407. The standard InChI is InChI=1S/C27H29F6N3O2/c1-4-11-34-24(37)10-9-21(14-18-16-35(2)23-8-6-5-7-22(18)23)36(3)25(38)17-12-19(26(28,29)30)15-20(13-17)27(31,32)33/h5-8,12-13,15-16,21H,4,9-11,14H2,1-3H3,(H,34,37). The van der Waals surface area contributed by atoms with Gasteiger partial charge in [0, 0.05) is 55.8 Å². The molecule has 1 heterocycles. The number of carbonyl (C=O) groups is 2. The molecule has 0 aliphatic carbocycles. The number of para-hydroxylation sites is 1. The molecule has 1 N–H and O–H groups in total. The van der Waals surface area contributed by atoms with Gasteiger partial charge in [-0.25, -0.2) is 0 Å². The summed E-state index contributed by atoms with van der Waals surface area (Å²) < 4.78 is 82.1. The van der Waals surface area contributed by atoms with E-state index in [-0.39, 0.29) is 31.2 Å². The molecule has 1 atom stereocenters. The van der Waals surface area contributed by atoms with Crippen molar-refractivity contribution in [2.75, 3.05) is 13.6 Å². The zero-order valence-electron chi connectivity index (χ0n) is 21.2. The lowest BCUT2D eigenvalue weighted by Crippen LogP contribution is -2.39. The molecule has 0 spiro atoms. The van der Waals surface area contributed by atoms with Gasteiger partial charge >= 0.3 is 12.4 Å². The second-order valence-electron chi connectivity index (χ2n) is 9.24. The predicted octanol–water partition coefficient (Wildman–Crippen LogP) is 6.21. The van der Waals surface area contributed by atoms with Crippen LogP contribution in [0.1, 0.15) is 53.2 Å². The van der Waals surface area contributed by atoms with Crippen molar-refractivity contribution < 1.29 is 35.9 Å². The van der Waals surface area contributed by atoms with E-state index in [2.05, 4.69) is 5.32 Å². The van der Waals surface area contributed by atoms with Crippen molar-refractivity contribution in [3.63, 3.8) is 0 Å². The molecule has 3 rings (SSSR count). The Kier molecular flexibility index (Phi) is 8.79. The Morgan fingerprint density at radius 3 is 2.18 bits per heavy atom. The molecule has 38 heavy (non-hydrogen) atoms. The average molecular weight is 542 g/mol. The molecule has 0 saturated carbocycles. The molecule has 0 bridgehead atoms. The number of rotatable bonds is 9. The van der Waals surface area contributed by atoms with Gasteiger partial charge in [-0.1, -0.05) is 25.1 Å². The molecular weight excluding hydrogens is 512 g/mol. The Labute approximate surface area is 216 Å². The van der Waals surface area contributed by atoms with Gasteiger partial charge in [0.2, 0.25) is 5.91 Å². The van der Waals surface area contributed by atoms with E-state index in [0.717, 1.165) is 27.8 Å². The van der Waals surface area contributed by atoms with Crippen LogP contribution in [0.5, 0.6) is 0 Å². The molecule has 206 valence electrons. The van der Waals surface area contributed by atoms with E-state index < -0.39 is 41.0 Å². The fourth-order valence-corrected chi connectivity index (χ4v) is 4.37. The first-order valence-corrected chi connectivity index (χ1v) is 12.1. The smallest absolute Gasteiger partial charge is 0.356 e. The topological polar surface area (TPSA) is 54.3 Å². The monoisotopic (exact) mass is 541 g/mol.